The van der Waals surface area contributed by atoms with Crippen molar-refractivity contribution in [2.75, 3.05) is 6.61 Å². The molecule has 1 amide bonds. The Morgan fingerprint density at radius 3 is 2.86 bits per heavy atom. The first kappa shape index (κ1) is 19.9. The maximum Gasteiger partial charge on any atom is 0.407 e. The number of hydrogen-bond acceptors (Lipinski definition) is 4. The molecular formula is C23H27NO4. The van der Waals surface area contributed by atoms with Gasteiger partial charge in [-0.2, -0.15) is 0 Å². The molecule has 0 saturated carbocycles. The van der Waals surface area contributed by atoms with Crippen LogP contribution in [0.5, 0.6) is 0 Å². The lowest BCUT2D eigenvalue weighted by molar-refractivity contribution is -0.137. The SMILES string of the molecule is C=C1C(=O)O[C@@H]2/C=C(\C)CC/C=C(\COC(=O)NCc3ccccc3)CC[C@H]12. The molecule has 0 radical (unpaired) electrons. The van der Waals surface area contributed by atoms with Crippen molar-refractivity contribution in [2.24, 2.45) is 5.92 Å². The van der Waals surface area contributed by atoms with Crippen LogP contribution in [0.2, 0.25) is 0 Å². The van der Waals surface area contributed by atoms with Crippen LogP contribution in [0.25, 0.3) is 0 Å². The average Bonchev–Trinajstić information content (AvgIpc) is 2.95. The number of benzene rings is 1. The van der Waals surface area contributed by atoms with Gasteiger partial charge in [-0.25, -0.2) is 9.59 Å². The zero-order valence-electron chi connectivity index (χ0n) is 16.3. The molecule has 1 N–H and O–H groups in total. The monoisotopic (exact) mass is 381 g/mol. The Balaban J connectivity index is 1.54. The van der Waals surface area contributed by atoms with Gasteiger partial charge in [0.05, 0.1) is 0 Å². The van der Waals surface area contributed by atoms with E-state index in [1.54, 1.807) is 0 Å². The molecule has 0 aromatic heterocycles. The Hall–Kier alpha value is -2.82. The molecule has 148 valence electrons. The van der Waals surface area contributed by atoms with Gasteiger partial charge in [-0.1, -0.05) is 48.6 Å². The lowest BCUT2D eigenvalue weighted by Gasteiger charge is -2.18. The predicted octanol–water partition coefficient (Wildman–Crippen LogP) is 4.46. The molecule has 3 rings (SSSR count). The molecule has 1 fully saturated rings. The standard InChI is InChI=1S/C23H27NO4/c1-16-7-6-10-19(11-12-20-17(2)22(25)28-21(20)13-16)15-27-23(26)24-14-18-8-4-3-5-9-18/h3-5,8-10,13,20-21H,2,6-7,11-12,14-15H2,1H3,(H,24,26)/b16-13+,19-10-/t20-,21-/m1/s1. The van der Waals surface area contributed by atoms with Gasteiger partial charge in [0.2, 0.25) is 0 Å². The van der Waals surface area contributed by atoms with Crippen LogP contribution >= 0.6 is 0 Å². The molecule has 0 spiro atoms. The number of nitrogens with one attached hydrogen (secondary N) is 1. The summed E-state index contributed by atoms with van der Waals surface area (Å²) in [6, 6.07) is 9.71. The first-order valence-electron chi connectivity index (χ1n) is 9.72. The van der Waals surface area contributed by atoms with E-state index in [2.05, 4.69) is 24.9 Å². The van der Waals surface area contributed by atoms with Gasteiger partial charge < -0.3 is 14.8 Å². The van der Waals surface area contributed by atoms with Crippen LogP contribution in [0.15, 0.2) is 65.8 Å². The summed E-state index contributed by atoms with van der Waals surface area (Å²) in [5.74, 6) is -0.323. The topological polar surface area (TPSA) is 64.6 Å². The molecule has 1 aromatic carbocycles. The summed E-state index contributed by atoms with van der Waals surface area (Å²) < 4.78 is 10.9. The Morgan fingerprint density at radius 1 is 1.29 bits per heavy atom. The van der Waals surface area contributed by atoms with E-state index < -0.39 is 6.09 Å². The zero-order valence-corrected chi connectivity index (χ0v) is 16.3. The van der Waals surface area contributed by atoms with Crippen molar-refractivity contribution in [3.63, 3.8) is 0 Å². The molecule has 5 nitrogen and oxygen atoms in total. The average molecular weight is 381 g/mol. The van der Waals surface area contributed by atoms with Crippen LogP contribution in [-0.2, 0) is 20.8 Å². The summed E-state index contributed by atoms with van der Waals surface area (Å²) in [4.78, 5) is 23.9. The number of hydrogen-bond donors (Lipinski definition) is 1. The van der Waals surface area contributed by atoms with E-state index in [0.29, 0.717) is 12.1 Å². The fourth-order valence-electron chi connectivity index (χ4n) is 3.54. The molecule has 5 heteroatoms. The van der Waals surface area contributed by atoms with E-state index in [1.165, 1.54) is 5.57 Å². The Bertz CT molecular complexity index is 794. The smallest absolute Gasteiger partial charge is 0.407 e. The molecule has 0 unspecified atom stereocenters. The highest BCUT2D eigenvalue weighted by molar-refractivity contribution is 5.91. The van der Waals surface area contributed by atoms with Crippen LogP contribution < -0.4 is 5.32 Å². The third-order valence-electron chi connectivity index (χ3n) is 5.21. The van der Waals surface area contributed by atoms with Crippen molar-refractivity contribution in [1.29, 1.82) is 0 Å². The van der Waals surface area contributed by atoms with E-state index in [4.69, 9.17) is 9.47 Å². The summed E-state index contributed by atoms with van der Waals surface area (Å²) in [5.41, 5.74) is 3.82. The van der Waals surface area contributed by atoms with E-state index in [-0.39, 0.29) is 24.6 Å². The molecule has 2 atom stereocenters. The molecular weight excluding hydrogens is 354 g/mol. The highest BCUT2D eigenvalue weighted by Gasteiger charge is 2.37. The van der Waals surface area contributed by atoms with E-state index in [9.17, 15) is 9.59 Å². The third-order valence-corrected chi connectivity index (χ3v) is 5.21. The molecule has 1 aromatic rings. The van der Waals surface area contributed by atoms with Crippen molar-refractivity contribution < 1.29 is 19.1 Å². The summed E-state index contributed by atoms with van der Waals surface area (Å²) in [6.07, 6.45) is 6.79. The van der Waals surface area contributed by atoms with Crippen LogP contribution in [0.4, 0.5) is 4.79 Å². The van der Waals surface area contributed by atoms with Crippen molar-refractivity contribution in [2.45, 2.75) is 45.3 Å². The number of amides is 1. The van der Waals surface area contributed by atoms with Crippen LogP contribution in [0.1, 0.15) is 38.2 Å². The summed E-state index contributed by atoms with van der Waals surface area (Å²) >= 11 is 0. The van der Waals surface area contributed by atoms with Crippen molar-refractivity contribution in [3.05, 3.63) is 71.3 Å². The maximum atomic E-state index is 12.0. The van der Waals surface area contributed by atoms with Gasteiger partial charge in [-0.05, 0) is 49.8 Å². The molecule has 1 heterocycles. The van der Waals surface area contributed by atoms with Crippen molar-refractivity contribution in [1.82, 2.24) is 5.32 Å². The highest BCUT2D eigenvalue weighted by Crippen LogP contribution is 2.34. The Morgan fingerprint density at radius 2 is 2.07 bits per heavy atom. The van der Waals surface area contributed by atoms with Gasteiger partial charge >= 0.3 is 12.1 Å². The van der Waals surface area contributed by atoms with E-state index in [0.717, 1.165) is 36.8 Å². The fraction of sp³-hybridized carbons (Fsp3) is 0.391. The van der Waals surface area contributed by atoms with Gasteiger partial charge in [0.25, 0.3) is 0 Å². The molecule has 0 bridgehead atoms. The fourth-order valence-corrected chi connectivity index (χ4v) is 3.54. The second-order valence-corrected chi connectivity index (χ2v) is 7.37. The minimum atomic E-state index is -0.431. The van der Waals surface area contributed by atoms with Gasteiger partial charge in [0, 0.05) is 18.0 Å². The molecule has 1 aliphatic heterocycles. The number of carbonyl (C=O) groups excluding carboxylic acids is 2. The maximum absolute atomic E-state index is 12.0. The van der Waals surface area contributed by atoms with Gasteiger partial charge in [-0.3, -0.25) is 0 Å². The minimum absolute atomic E-state index is 0.0177. The van der Waals surface area contributed by atoms with E-state index >= 15 is 0 Å². The molecule has 1 aliphatic carbocycles. The quantitative estimate of drug-likeness (QED) is 0.475. The normalized spacial score (nSPS) is 26.2. The summed E-state index contributed by atoms with van der Waals surface area (Å²) in [6.45, 7) is 6.64. The number of fused-ring (bicyclic) bond motifs is 1. The molecule has 28 heavy (non-hydrogen) atoms. The number of esters is 1. The van der Waals surface area contributed by atoms with Crippen molar-refractivity contribution >= 4 is 12.1 Å². The van der Waals surface area contributed by atoms with Gasteiger partial charge in [0.1, 0.15) is 12.7 Å². The number of ether oxygens (including phenoxy) is 2. The van der Waals surface area contributed by atoms with Gasteiger partial charge in [-0.15, -0.1) is 0 Å². The second kappa shape index (κ2) is 9.40. The Kier molecular flexibility index (Phi) is 6.69. The van der Waals surface area contributed by atoms with Gasteiger partial charge in [0.15, 0.2) is 0 Å². The first-order chi connectivity index (χ1) is 13.5. The number of rotatable bonds is 4. The number of carbonyl (C=O) groups is 2. The number of alkyl carbamates (subject to hydrolysis) is 1. The van der Waals surface area contributed by atoms with Crippen molar-refractivity contribution in [3.8, 4) is 0 Å². The predicted molar refractivity (Wildman–Crippen MR) is 107 cm³/mol. The summed E-state index contributed by atoms with van der Waals surface area (Å²) in [5, 5.41) is 2.77. The molecule has 1 saturated heterocycles. The lowest BCUT2D eigenvalue weighted by Crippen LogP contribution is -2.24. The first-order valence-corrected chi connectivity index (χ1v) is 9.72. The largest absolute Gasteiger partial charge is 0.454 e. The second-order valence-electron chi connectivity index (χ2n) is 7.37. The zero-order chi connectivity index (χ0) is 19.9. The van der Waals surface area contributed by atoms with Crippen LogP contribution in [0, 0.1) is 5.92 Å². The highest BCUT2D eigenvalue weighted by atomic mass is 16.6. The van der Waals surface area contributed by atoms with Crippen LogP contribution in [-0.4, -0.2) is 24.8 Å². The third kappa shape index (κ3) is 5.35. The van der Waals surface area contributed by atoms with Crippen LogP contribution in [0.3, 0.4) is 0 Å². The number of allylic oxidation sites excluding steroid dienone is 2. The minimum Gasteiger partial charge on any atom is -0.454 e. The van der Waals surface area contributed by atoms with E-state index in [1.807, 2.05) is 36.4 Å². The molecule has 2 aliphatic rings. The Labute approximate surface area is 166 Å². The summed E-state index contributed by atoms with van der Waals surface area (Å²) in [7, 11) is 0. The lowest BCUT2D eigenvalue weighted by atomic mass is 9.88.